The summed E-state index contributed by atoms with van der Waals surface area (Å²) in [5, 5.41) is 14.0. The Morgan fingerprint density at radius 2 is 2.26 bits per heavy atom. The molecule has 1 atom stereocenters. The van der Waals surface area contributed by atoms with E-state index in [4.69, 9.17) is 5.11 Å². The highest BCUT2D eigenvalue weighted by molar-refractivity contribution is 7.10. The Kier molecular flexibility index (Phi) is 4.29. The SMILES string of the molecule is CC(NCc1ccc(C(=O)O)c(F)c1)c1cccs1. The van der Waals surface area contributed by atoms with E-state index in [-0.39, 0.29) is 11.6 Å². The number of thiophene rings is 1. The van der Waals surface area contributed by atoms with Crippen molar-refractivity contribution < 1.29 is 14.3 Å². The zero-order valence-electron chi connectivity index (χ0n) is 10.4. The summed E-state index contributed by atoms with van der Waals surface area (Å²) >= 11 is 1.66. The normalized spacial score (nSPS) is 12.3. The summed E-state index contributed by atoms with van der Waals surface area (Å²) in [6.07, 6.45) is 0. The van der Waals surface area contributed by atoms with Gasteiger partial charge in [-0.05, 0) is 36.1 Å². The molecule has 0 aliphatic rings. The second-order valence-electron chi connectivity index (χ2n) is 4.24. The fourth-order valence-corrected chi connectivity index (χ4v) is 2.51. The molecule has 0 bridgehead atoms. The maximum Gasteiger partial charge on any atom is 0.338 e. The third-order valence-electron chi connectivity index (χ3n) is 2.85. The number of benzene rings is 1. The number of aromatic carboxylic acids is 1. The third kappa shape index (κ3) is 3.39. The molecule has 1 aromatic heterocycles. The van der Waals surface area contributed by atoms with Crippen LogP contribution in [-0.4, -0.2) is 11.1 Å². The van der Waals surface area contributed by atoms with Crippen LogP contribution >= 0.6 is 11.3 Å². The molecule has 1 aromatic carbocycles. The van der Waals surface area contributed by atoms with Crippen molar-refractivity contribution in [3.05, 3.63) is 57.5 Å². The lowest BCUT2D eigenvalue weighted by Crippen LogP contribution is -2.17. The lowest BCUT2D eigenvalue weighted by atomic mass is 10.1. The average Bonchev–Trinajstić information content (AvgIpc) is 2.89. The molecule has 0 amide bonds. The third-order valence-corrected chi connectivity index (χ3v) is 3.90. The van der Waals surface area contributed by atoms with Crippen LogP contribution in [0.15, 0.2) is 35.7 Å². The van der Waals surface area contributed by atoms with Crippen LogP contribution in [0.1, 0.15) is 33.8 Å². The number of carbonyl (C=O) groups is 1. The predicted molar refractivity (Wildman–Crippen MR) is 72.9 cm³/mol. The van der Waals surface area contributed by atoms with Crippen LogP contribution in [0, 0.1) is 5.82 Å². The molecule has 1 unspecified atom stereocenters. The average molecular weight is 279 g/mol. The van der Waals surface area contributed by atoms with Crippen molar-refractivity contribution in [1.82, 2.24) is 5.32 Å². The maximum atomic E-state index is 13.5. The van der Waals surface area contributed by atoms with Gasteiger partial charge in [0.15, 0.2) is 0 Å². The topological polar surface area (TPSA) is 49.3 Å². The zero-order valence-corrected chi connectivity index (χ0v) is 11.2. The molecule has 19 heavy (non-hydrogen) atoms. The van der Waals surface area contributed by atoms with Gasteiger partial charge >= 0.3 is 5.97 Å². The molecule has 1 heterocycles. The number of halogens is 1. The minimum Gasteiger partial charge on any atom is -0.478 e. The smallest absolute Gasteiger partial charge is 0.338 e. The van der Waals surface area contributed by atoms with Crippen molar-refractivity contribution in [2.45, 2.75) is 19.5 Å². The molecule has 0 saturated carbocycles. The van der Waals surface area contributed by atoms with Crippen molar-refractivity contribution in [3.8, 4) is 0 Å². The van der Waals surface area contributed by atoms with Gasteiger partial charge in [0.1, 0.15) is 5.82 Å². The zero-order chi connectivity index (χ0) is 13.8. The Morgan fingerprint density at radius 1 is 1.47 bits per heavy atom. The minimum absolute atomic E-state index is 0.183. The molecular weight excluding hydrogens is 265 g/mol. The van der Waals surface area contributed by atoms with E-state index in [1.807, 2.05) is 24.4 Å². The molecule has 5 heteroatoms. The van der Waals surface area contributed by atoms with Gasteiger partial charge < -0.3 is 10.4 Å². The Bertz CT molecular complexity index is 569. The van der Waals surface area contributed by atoms with Crippen LogP contribution in [0.2, 0.25) is 0 Å². The van der Waals surface area contributed by atoms with Crippen molar-refractivity contribution in [3.63, 3.8) is 0 Å². The van der Waals surface area contributed by atoms with Crippen LogP contribution in [-0.2, 0) is 6.54 Å². The van der Waals surface area contributed by atoms with Gasteiger partial charge in [-0.15, -0.1) is 11.3 Å². The minimum atomic E-state index is -1.25. The van der Waals surface area contributed by atoms with Gasteiger partial charge in [0.05, 0.1) is 5.56 Å². The number of carboxylic acid groups (broad SMARTS) is 1. The first-order valence-electron chi connectivity index (χ1n) is 5.86. The van der Waals surface area contributed by atoms with E-state index in [0.717, 1.165) is 5.56 Å². The summed E-state index contributed by atoms with van der Waals surface area (Å²) in [7, 11) is 0. The van der Waals surface area contributed by atoms with Crippen LogP contribution < -0.4 is 5.32 Å². The molecule has 0 aliphatic heterocycles. The lowest BCUT2D eigenvalue weighted by Gasteiger charge is -2.12. The Hall–Kier alpha value is -1.72. The van der Waals surface area contributed by atoms with Crippen molar-refractivity contribution in [1.29, 1.82) is 0 Å². The Labute approximate surface area is 114 Å². The highest BCUT2D eigenvalue weighted by Gasteiger charge is 2.11. The van der Waals surface area contributed by atoms with E-state index in [1.165, 1.54) is 17.0 Å². The summed E-state index contributed by atoms with van der Waals surface area (Å²) < 4.78 is 13.5. The van der Waals surface area contributed by atoms with Crippen molar-refractivity contribution >= 4 is 17.3 Å². The summed E-state index contributed by atoms with van der Waals surface area (Å²) in [4.78, 5) is 11.9. The molecule has 2 aromatic rings. The van der Waals surface area contributed by atoms with Crippen molar-refractivity contribution in [2.75, 3.05) is 0 Å². The van der Waals surface area contributed by atoms with Crippen LogP contribution in [0.3, 0.4) is 0 Å². The molecule has 2 N–H and O–H groups in total. The monoisotopic (exact) mass is 279 g/mol. The standard InChI is InChI=1S/C14H14FNO2S/c1-9(13-3-2-6-19-13)16-8-10-4-5-11(14(17)18)12(15)7-10/h2-7,9,16H,8H2,1H3,(H,17,18). The summed E-state index contributed by atoms with van der Waals surface area (Å²) in [6, 6.07) is 8.39. The highest BCUT2D eigenvalue weighted by atomic mass is 32.1. The van der Waals surface area contributed by atoms with Crippen LogP contribution in [0.25, 0.3) is 0 Å². The summed E-state index contributed by atoms with van der Waals surface area (Å²) in [5.41, 5.74) is 0.431. The quantitative estimate of drug-likeness (QED) is 0.881. The highest BCUT2D eigenvalue weighted by Crippen LogP contribution is 2.19. The lowest BCUT2D eigenvalue weighted by molar-refractivity contribution is 0.0692. The number of nitrogens with one attached hydrogen (secondary N) is 1. The van der Waals surface area contributed by atoms with Gasteiger partial charge in [-0.25, -0.2) is 9.18 Å². The fraction of sp³-hybridized carbons (Fsp3) is 0.214. The summed E-state index contributed by atoms with van der Waals surface area (Å²) in [6.45, 7) is 2.53. The van der Waals surface area contributed by atoms with E-state index in [1.54, 1.807) is 17.4 Å². The molecule has 0 aliphatic carbocycles. The number of hydrogen-bond acceptors (Lipinski definition) is 3. The van der Waals surface area contributed by atoms with Gasteiger partial charge in [-0.3, -0.25) is 0 Å². The van der Waals surface area contributed by atoms with Crippen LogP contribution in [0.4, 0.5) is 4.39 Å². The molecule has 3 nitrogen and oxygen atoms in total. The van der Waals surface area contributed by atoms with Gasteiger partial charge in [-0.2, -0.15) is 0 Å². The summed E-state index contributed by atoms with van der Waals surface area (Å²) in [5.74, 6) is -1.94. The molecular formula is C14H14FNO2S. The van der Waals surface area contributed by atoms with Gasteiger partial charge in [0.2, 0.25) is 0 Å². The molecule has 0 radical (unpaired) electrons. The number of hydrogen-bond donors (Lipinski definition) is 2. The molecule has 2 rings (SSSR count). The predicted octanol–water partition coefficient (Wildman–Crippen LogP) is 3.44. The van der Waals surface area contributed by atoms with Crippen molar-refractivity contribution in [2.24, 2.45) is 0 Å². The second-order valence-corrected chi connectivity index (χ2v) is 5.22. The second kappa shape index (κ2) is 5.95. The largest absolute Gasteiger partial charge is 0.478 e. The molecule has 0 spiro atoms. The number of carboxylic acids is 1. The van der Waals surface area contributed by atoms with E-state index >= 15 is 0 Å². The number of rotatable bonds is 5. The first kappa shape index (κ1) is 13.7. The van der Waals surface area contributed by atoms with Gasteiger partial charge in [0, 0.05) is 17.5 Å². The molecule has 0 fully saturated rings. The van der Waals surface area contributed by atoms with E-state index < -0.39 is 11.8 Å². The van der Waals surface area contributed by atoms with Gasteiger partial charge in [-0.1, -0.05) is 12.1 Å². The molecule has 100 valence electrons. The Morgan fingerprint density at radius 3 is 2.84 bits per heavy atom. The fourth-order valence-electron chi connectivity index (χ4n) is 1.75. The first-order valence-corrected chi connectivity index (χ1v) is 6.74. The first-order chi connectivity index (χ1) is 9.08. The van der Waals surface area contributed by atoms with E-state index in [0.29, 0.717) is 6.54 Å². The maximum absolute atomic E-state index is 13.5. The van der Waals surface area contributed by atoms with Gasteiger partial charge in [0.25, 0.3) is 0 Å². The van der Waals surface area contributed by atoms with E-state index in [9.17, 15) is 9.18 Å². The Balaban J connectivity index is 2.00. The van der Waals surface area contributed by atoms with Crippen LogP contribution in [0.5, 0.6) is 0 Å². The molecule has 0 saturated heterocycles. The van der Waals surface area contributed by atoms with E-state index in [2.05, 4.69) is 5.32 Å².